The van der Waals surface area contributed by atoms with Crippen LogP contribution in [-0.4, -0.2) is 17.5 Å². The Balaban J connectivity index is 1.45. The average Bonchev–Trinajstić information content (AvgIpc) is 2.94. The number of ether oxygens (including phenoxy) is 1. The Morgan fingerprint density at radius 3 is 2.67 bits per heavy atom. The molecule has 0 aliphatic carbocycles. The zero-order valence-electron chi connectivity index (χ0n) is 13.8. The molecule has 2 aromatic carbocycles. The van der Waals surface area contributed by atoms with Crippen molar-refractivity contribution in [1.29, 1.82) is 0 Å². The van der Waals surface area contributed by atoms with Gasteiger partial charge in [-0.25, -0.2) is 4.98 Å². The molecule has 0 bridgehead atoms. The number of hydrogen-bond acceptors (Lipinski definition) is 4. The number of aryl methyl sites for hydroxylation is 2. The zero-order valence-corrected chi connectivity index (χ0v) is 14.7. The van der Waals surface area contributed by atoms with E-state index in [0.717, 1.165) is 16.0 Å². The first kappa shape index (κ1) is 16.5. The second-order valence-electron chi connectivity index (χ2n) is 5.80. The first-order valence-corrected chi connectivity index (χ1v) is 8.78. The SMILES string of the molecule is Cc1ccc(OCCCC(=O)Nc2nc3ccc(C)cc3s2)cc1. The number of aromatic nitrogens is 1. The largest absolute Gasteiger partial charge is 0.494 e. The monoisotopic (exact) mass is 340 g/mol. The molecule has 3 aromatic rings. The van der Waals surface area contributed by atoms with E-state index in [1.54, 1.807) is 0 Å². The minimum absolute atomic E-state index is 0.0294. The molecule has 0 aliphatic rings. The first-order chi connectivity index (χ1) is 11.6. The molecule has 0 atom stereocenters. The molecular weight excluding hydrogens is 320 g/mol. The van der Waals surface area contributed by atoms with Crippen LogP contribution in [0.5, 0.6) is 5.75 Å². The highest BCUT2D eigenvalue weighted by atomic mass is 32.1. The number of amides is 1. The molecule has 0 saturated carbocycles. The molecule has 3 rings (SSSR count). The van der Waals surface area contributed by atoms with E-state index >= 15 is 0 Å². The van der Waals surface area contributed by atoms with Gasteiger partial charge in [0.15, 0.2) is 5.13 Å². The fraction of sp³-hybridized carbons (Fsp3) is 0.263. The number of carbonyl (C=O) groups is 1. The lowest BCUT2D eigenvalue weighted by Gasteiger charge is -2.06. The van der Waals surface area contributed by atoms with Gasteiger partial charge in [-0.1, -0.05) is 35.1 Å². The Kier molecular flexibility index (Phi) is 5.11. The summed E-state index contributed by atoms with van der Waals surface area (Å²) in [5, 5.41) is 3.52. The number of nitrogens with one attached hydrogen (secondary N) is 1. The molecule has 24 heavy (non-hydrogen) atoms. The number of anilines is 1. The quantitative estimate of drug-likeness (QED) is 0.661. The minimum Gasteiger partial charge on any atom is -0.494 e. The maximum Gasteiger partial charge on any atom is 0.226 e. The van der Waals surface area contributed by atoms with Crippen molar-refractivity contribution in [3.63, 3.8) is 0 Å². The maximum absolute atomic E-state index is 12.0. The summed E-state index contributed by atoms with van der Waals surface area (Å²) in [6, 6.07) is 14.0. The summed E-state index contributed by atoms with van der Waals surface area (Å²) in [7, 11) is 0. The molecule has 0 radical (unpaired) electrons. The third kappa shape index (κ3) is 4.32. The van der Waals surface area contributed by atoms with Crippen molar-refractivity contribution in [2.45, 2.75) is 26.7 Å². The Morgan fingerprint density at radius 1 is 1.12 bits per heavy atom. The highest BCUT2D eigenvalue weighted by molar-refractivity contribution is 7.22. The van der Waals surface area contributed by atoms with E-state index in [2.05, 4.69) is 16.4 Å². The lowest BCUT2D eigenvalue weighted by Crippen LogP contribution is -2.12. The molecule has 0 saturated heterocycles. The Hall–Kier alpha value is -2.40. The lowest BCUT2D eigenvalue weighted by molar-refractivity contribution is -0.116. The van der Waals surface area contributed by atoms with Crippen LogP contribution in [0.15, 0.2) is 42.5 Å². The van der Waals surface area contributed by atoms with E-state index in [9.17, 15) is 4.79 Å². The summed E-state index contributed by atoms with van der Waals surface area (Å²) in [6.07, 6.45) is 1.09. The Morgan fingerprint density at radius 2 is 1.88 bits per heavy atom. The van der Waals surface area contributed by atoms with Gasteiger partial charge in [0.1, 0.15) is 5.75 Å². The average molecular weight is 340 g/mol. The molecule has 0 aliphatic heterocycles. The van der Waals surface area contributed by atoms with Gasteiger partial charge < -0.3 is 10.1 Å². The van der Waals surface area contributed by atoms with E-state index in [1.807, 2.05) is 50.2 Å². The van der Waals surface area contributed by atoms with Crippen molar-refractivity contribution in [1.82, 2.24) is 4.98 Å². The van der Waals surface area contributed by atoms with Crippen molar-refractivity contribution in [3.8, 4) is 5.75 Å². The number of thiazole rings is 1. The number of rotatable bonds is 6. The minimum atomic E-state index is -0.0294. The third-order valence-electron chi connectivity index (χ3n) is 3.63. The number of fused-ring (bicyclic) bond motifs is 1. The van der Waals surface area contributed by atoms with Gasteiger partial charge in [-0.05, 0) is 50.1 Å². The van der Waals surface area contributed by atoms with Crippen molar-refractivity contribution < 1.29 is 9.53 Å². The van der Waals surface area contributed by atoms with E-state index in [4.69, 9.17) is 4.74 Å². The highest BCUT2D eigenvalue weighted by Crippen LogP contribution is 2.26. The van der Waals surface area contributed by atoms with E-state index in [1.165, 1.54) is 22.5 Å². The number of hydrogen-bond donors (Lipinski definition) is 1. The number of benzene rings is 2. The fourth-order valence-electron chi connectivity index (χ4n) is 2.32. The van der Waals surface area contributed by atoms with Crippen LogP contribution in [0.25, 0.3) is 10.2 Å². The summed E-state index contributed by atoms with van der Waals surface area (Å²) in [4.78, 5) is 16.4. The van der Waals surface area contributed by atoms with Crippen LogP contribution in [0.4, 0.5) is 5.13 Å². The third-order valence-corrected chi connectivity index (χ3v) is 4.56. The van der Waals surface area contributed by atoms with Crippen molar-refractivity contribution in [2.24, 2.45) is 0 Å². The number of carbonyl (C=O) groups excluding carboxylic acids is 1. The predicted octanol–water partition coefficient (Wildman–Crippen LogP) is 4.71. The van der Waals surface area contributed by atoms with Crippen LogP contribution in [0.2, 0.25) is 0 Å². The van der Waals surface area contributed by atoms with Crippen LogP contribution in [0, 0.1) is 13.8 Å². The molecule has 1 amide bonds. The molecule has 4 nitrogen and oxygen atoms in total. The topological polar surface area (TPSA) is 51.2 Å². The summed E-state index contributed by atoms with van der Waals surface area (Å²) in [6.45, 7) is 4.61. The second-order valence-corrected chi connectivity index (χ2v) is 6.83. The fourth-order valence-corrected chi connectivity index (χ4v) is 3.30. The molecule has 0 spiro atoms. The van der Waals surface area contributed by atoms with Gasteiger partial charge in [0, 0.05) is 6.42 Å². The summed E-state index contributed by atoms with van der Waals surface area (Å²) < 4.78 is 6.72. The molecule has 5 heteroatoms. The van der Waals surface area contributed by atoms with Crippen LogP contribution >= 0.6 is 11.3 Å². The van der Waals surface area contributed by atoms with Gasteiger partial charge in [-0.3, -0.25) is 4.79 Å². The molecule has 0 fully saturated rings. The molecular formula is C19H20N2O2S. The second kappa shape index (κ2) is 7.45. The van der Waals surface area contributed by atoms with E-state index in [-0.39, 0.29) is 5.91 Å². The summed E-state index contributed by atoms with van der Waals surface area (Å²) in [5.74, 6) is 0.806. The lowest BCUT2D eigenvalue weighted by atomic mass is 10.2. The molecule has 124 valence electrons. The highest BCUT2D eigenvalue weighted by Gasteiger charge is 2.08. The van der Waals surface area contributed by atoms with Gasteiger partial charge in [-0.15, -0.1) is 0 Å². The van der Waals surface area contributed by atoms with Crippen LogP contribution in [0.1, 0.15) is 24.0 Å². The van der Waals surface area contributed by atoms with Gasteiger partial charge in [0.2, 0.25) is 5.91 Å². The van der Waals surface area contributed by atoms with Gasteiger partial charge in [-0.2, -0.15) is 0 Å². The van der Waals surface area contributed by atoms with Crippen molar-refractivity contribution in [2.75, 3.05) is 11.9 Å². The molecule has 0 unspecified atom stereocenters. The van der Waals surface area contributed by atoms with Crippen LogP contribution in [0.3, 0.4) is 0 Å². The summed E-state index contributed by atoms with van der Waals surface area (Å²) >= 11 is 1.50. The van der Waals surface area contributed by atoms with Gasteiger partial charge in [0.25, 0.3) is 0 Å². The number of nitrogens with zero attached hydrogens (tertiary/aromatic N) is 1. The van der Waals surface area contributed by atoms with E-state index < -0.39 is 0 Å². The van der Waals surface area contributed by atoms with E-state index in [0.29, 0.717) is 24.6 Å². The first-order valence-electron chi connectivity index (χ1n) is 7.97. The van der Waals surface area contributed by atoms with Crippen molar-refractivity contribution >= 4 is 32.6 Å². The maximum atomic E-state index is 12.0. The Labute approximate surface area is 145 Å². The standard InChI is InChI=1S/C19H20N2O2S/c1-13-5-8-15(9-6-13)23-11-3-4-18(22)21-19-20-16-10-7-14(2)12-17(16)24-19/h5-10,12H,3-4,11H2,1-2H3,(H,20,21,22). The van der Waals surface area contributed by atoms with Crippen LogP contribution in [-0.2, 0) is 4.79 Å². The molecule has 1 N–H and O–H groups in total. The molecule has 1 aromatic heterocycles. The molecule has 1 heterocycles. The van der Waals surface area contributed by atoms with Crippen molar-refractivity contribution in [3.05, 3.63) is 53.6 Å². The summed E-state index contributed by atoms with van der Waals surface area (Å²) in [5.41, 5.74) is 3.31. The predicted molar refractivity (Wildman–Crippen MR) is 98.9 cm³/mol. The van der Waals surface area contributed by atoms with Gasteiger partial charge in [0.05, 0.1) is 16.8 Å². The zero-order chi connectivity index (χ0) is 16.9. The normalized spacial score (nSPS) is 10.8. The smallest absolute Gasteiger partial charge is 0.226 e. The van der Waals surface area contributed by atoms with Crippen LogP contribution < -0.4 is 10.1 Å². The van der Waals surface area contributed by atoms with Gasteiger partial charge >= 0.3 is 0 Å². The Bertz CT molecular complexity index is 840.